The predicted octanol–water partition coefficient (Wildman–Crippen LogP) is -2.03. The van der Waals surface area contributed by atoms with Crippen molar-refractivity contribution in [1.82, 2.24) is 4.90 Å². The maximum atomic E-state index is 12.1. The Morgan fingerprint density at radius 3 is 2.14 bits per heavy atom. The summed E-state index contributed by atoms with van der Waals surface area (Å²) in [5.41, 5.74) is 0.426. The van der Waals surface area contributed by atoms with Crippen LogP contribution in [0.4, 0.5) is 0 Å². The zero-order chi connectivity index (χ0) is 14.7. The fraction of sp³-hybridized carbons (Fsp3) is 0.0769. The van der Waals surface area contributed by atoms with Crippen LogP contribution in [0.5, 0.6) is 0 Å². The van der Waals surface area contributed by atoms with Crippen LogP contribution < -0.4 is 29.6 Å². The molecule has 0 aliphatic carbocycles. The van der Waals surface area contributed by atoms with Crippen molar-refractivity contribution >= 4 is 32.7 Å². The number of carbonyl (C=O) groups excluding carboxylic acids is 2. The van der Waals surface area contributed by atoms with E-state index in [9.17, 15) is 22.6 Å². The van der Waals surface area contributed by atoms with Gasteiger partial charge in [-0.05, 0) is 18.2 Å². The molecule has 21 heavy (non-hydrogen) atoms. The molecule has 102 valence electrons. The summed E-state index contributed by atoms with van der Waals surface area (Å²) < 4.78 is 33.8. The second-order valence-corrected chi connectivity index (χ2v) is 5.81. The van der Waals surface area contributed by atoms with Crippen molar-refractivity contribution in [2.75, 3.05) is 7.05 Å². The molecule has 0 bridgehead atoms. The van der Waals surface area contributed by atoms with Crippen LogP contribution in [0.25, 0.3) is 10.8 Å². The van der Waals surface area contributed by atoms with E-state index in [0.717, 1.165) is 11.0 Å². The number of rotatable bonds is 1. The Bertz CT molecular complexity index is 869. The minimum absolute atomic E-state index is 0. The van der Waals surface area contributed by atoms with Crippen LogP contribution in [-0.4, -0.2) is 36.7 Å². The van der Waals surface area contributed by atoms with Gasteiger partial charge in [0.2, 0.25) is 0 Å². The molecular formula is C13H8NNaO5S. The first-order valence-electron chi connectivity index (χ1n) is 5.66. The molecule has 1 heterocycles. The molecule has 0 saturated carbocycles. The van der Waals surface area contributed by atoms with E-state index in [2.05, 4.69) is 0 Å². The smallest absolute Gasteiger partial charge is 0.744 e. The number of hydrogen-bond acceptors (Lipinski definition) is 5. The molecule has 0 aromatic heterocycles. The predicted molar refractivity (Wildman–Crippen MR) is 68.3 cm³/mol. The second-order valence-electron chi connectivity index (χ2n) is 4.46. The van der Waals surface area contributed by atoms with Crippen molar-refractivity contribution < 1.29 is 52.1 Å². The Morgan fingerprint density at radius 1 is 1.00 bits per heavy atom. The molecule has 6 nitrogen and oxygen atoms in total. The summed E-state index contributed by atoms with van der Waals surface area (Å²) in [5.74, 6) is -1.04. The molecule has 2 aromatic carbocycles. The maximum absolute atomic E-state index is 12.1. The Kier molecular flexibility index (Phi) is 3.98. The van der Waals surface area contributed by atoms with Gasteiger partial charge in [-0.3, -0.25) is 14.5 Å². The van der Waals surface area contributed by atoms with Gasteiger partial charge in [0.15, 0.2) is 0 Å². The molecule has 0 fully saturated rings. The summed E-state index contributed by atoms with van der Waals surface area (Å²) in [6.45, 7) is 0. The van der Waals surface area contributed by atoms with Crippen molar-refractivity contribution in [3.63, 3.8) is 0 Å². The Morgan fingerprint density at radius 2 is 1.57 bits per heavy atom. The van der Waals surface area contributed by atoms with Crippen molar-refractivity contribution in [2.45, 2.75) is 4.90 Å². The molecule has 0 radical (unpaired) electrons. The normalized spacial score (nSPS) is 14.3. The van der Waals surface area contributed by atoms with E-state index < -0.39 is 26.8 Å². The van der Waals surface area contributed by atoms with E-state index in [-0.39, 0.29) is 51.5 Å². The summed E-state index contributed by atoms with van der Waals surface area (Å²) in [4.78, 5) is 24.6. The van der Waals surface area contributed by atoms with Crippen molar-refractivity contribution in [2.24, 2.45) is 0 Å². The average molecular weight is 313 g/mol. The van der Waals surface area contributed by atoms with E-state index in [1.165, 1.54) is 31.3 Å². The summed E-state index contributed by atoms with van der Waals surface area (Å²) in [6, 6.07) is 6.77. The first-order valence-corrected chi connectivity index (χ1v) is 7.07. The fourth-order valence-electron chi connectivity index (χ4n) is 2.41. The maximum Gasteiger partial charge on any atom is 1.00 e. The van der Waals surface area contributed by atoms with Gasteiger partial charge in [0.05, 0.1) is 4.90 Å². The SMILES string of the molecule is CN1C(=O)c2cccc3c(S(=O)(=O)[O-])ccc(c23)C1=O.[Na+]. The number of benzene rings is 2. The van der Waals surface area contributed by atoms with Gasteiger partial charge in [0, 0.05) is 28.9 Å². The van der Waals surface area contributed by atoms with Crippen LogP contribution in [0.1, 0.15) is 20.7 Å². The number of nitrogens with zero attached hydrogens (tertiary/aromatic N) is 1. The van der Waals surface area contributed by atoms with Gasteiger partial charge >= 0.3 is 29.6 Å². The first kappa shape index (κ1) is 16.1. The van der Waals surface area contributed by atoms with Gasteiger partial charge in [0.1, 0.15) is 10.1 Å². The minimum atomic E-state index is -4.68. The number of imide groups is 1. The molecule has 0 saturated heterocycles. The van der Waals surface area contributed by atoms with Crippen molar-refractivity contribution in [1.29, 1.82) is 0 Å². The monoisotopic (exact) mass is 313 g/mol. The standard InChI is InChI=1S/C13H9NO5S.Na/c1-14-12(15)8-4-2-3-7-10(20(17,18)19)6-5-9(11(7)8)13(14)16;/h2-6H,1H3,(H,17,18,19);/q;+1/p-1. The van der Waals surface area contributed by atoms with Gasteiger partial charge in [-0.25, -0.2) is 8.42 Å². The van der Waals surface area contributed by atoms with E-state index in [1.54, 1.807) is 0 Å². The minimum Gasteiger partial charge on any atom is -0.744 e. The third kappa shape index (κ3) is 2.31. The second kappa shape index (κ2) is 5.19. The van der Waals surface area contributed by atoms with Crippen LogP contribution >= 0.6 is 0 Å². The van der Waals surface area contributed by atoms with Gasteiger partial charge in [-0.1, -0.05) is 12.1 Å². The van der Waals surface area contributed by atoms with Crippen LogP contribution in [0.3, 0.4) is 0 Å². The van der Waals surface area contributed by atoms with Crippen molar-refractivity contribution in [3.8, 4) is 0 Å². The summed E-state index contributed by atoms with van der Waals surface area (Å²) >= 11 is 0. The average Bonchev–Trinajstić information content (AvgIpc) is 2.40. The fourth-order valence-corrected chi connectivity index (χ4v) is 3.08. The Balaban J connectivity index is 0.00000161. The van der Waals surface area contributed by atoms with Gasteiger partial charge in [-0.2, -0.15) is 0 Å². The number of carbonyl (C=O) groups is 2. The molecule has 1 aliphatic heterocycles. The zero-order valence-corrected chi connectivity index (χ0v) is 14.1. The number of amides is 2. The summed E-state index contributed by atoms with van der Waals surface area (Å²) in [6.07, 6.45) is 0. The van der Waals surface area contributed by atoms with E-state index in [4.69, 9.17) is 0 Å². The van der Waals surface area contributed by atoms with Gasteiger partial charge < -0.3 is 4.55 Å². The van der Waals surface area contributed by atoms with Gasteiger partial charge in [-0.15, -0.1) is 0 Å². The molecule has 0 unspecified atom stereocenters. The molecule has 2 aromatic rings. The van der Waals surface area contributed by atoms with Crippen LogP contribution in [0.2, 0.25) is 0 Å². The Labute approximate surface area is 142 Å². The molecular weight excluding hydrogens is 305 g/mol. The molecule has 8 heteroatoms. The van der Waals surface area contributed by atoms with Gasteiger partial charge in [0.25, 0.3) is 11.8 Å². The summed E-state index contributed by atoms with van der Waals surface area (Å²) in [7, 11) is -3.33. The molecule has 2 amide bonds. The van der Waals surface area contributed by atoms with E-state index in [0.29, 0.717) is 0 Å². The molecule has 0 N–H and O–H groups in total. The zero-order valence-electron chi connectivity index (χ0n) is 11.3. The van der Waals surface area contributed by atoms with Crippen LogP contribution in [-0.2, 0) is 10.1 Å². The first-order chi connectivity index (χ1) is 9.32. The van der Waals surface area contributed by atoms with E-state index >= 15 is 0 Å². The summed E-state index contributed by atoms with van der Waals surface area (Å²) in [5, 5.41) is 0.322. The van der Waals surface area contributed by atoms with Crippen molar-refractivity contribution in [3.05, 3.63) is 41.5 Å². The molecule has 0 spiro atoms. The molecule has 3 rings (SSSR count). The quantitative estimate of drug-likeness (QED) is 0.344. The van der Waals surface area contributed by atoms with E-state index in [1.807, 2.05) is 0 Å². The molecule has 1 aliphatic rings. The third-order valence-electron chi connectivity index (χ3n) is 3.34. The largest absolute Gasteiger partial charge is 1.00 e. The molecule has 0 atom stereocenters. The number of hydrogen-bond donors (Lipinski definition) is 0. The van der Waals surface area contributed by atoms with Crippen LogP contribution in [0.15, 0.2) is 35.2 Å². The topological polar surface area (TPSA) is 94.6 Å². The van der Waals surface area contributed by atoms with Crippen LogP contribution in [0, 0.1) is 0 Å². The Hall–Kier alpha value is -1.25. The third-order valence-corrected chi connectivity index (χ3v) is 4.23.